The van der Waals surface area contributed by atoms with Gasteiger partial charge in [0.25, 0.3) is 5.91 Å². The third-order valence-electron chi connectivity index (χ3n) is 0.378. The highest BCUT2D eigenvalue weighted by Gasteiger charge is 2.26. The Morgan fingerprint density at radius 1 is 1.56 bits per heavy atom. The Morgan fingerprint density at radius 3 is 2.11 bits per heavy atom. The lowest BCUT2D eigenvalue weighted by molar-refractivity contribution is -0.116. The number of rotatable bonds is 0. The lowest BCUT2D eigenvalue weighted by Crippen LogP contribution is -2.12. The van der Waals surface area contributed by atoms with E-state index in [0.717, 1.165) is 0 Å². The molecule has 4 nitrogen and oxygen atoms in total. The number of nitrogens with zero attached hydrogens (tertiary/aromatic N) is 3. The summed E-state index contributed by atoms with van der Waals surface area (Å²) in [6, 6.07) is 0. The molecule has 0 saturated carbocycles. The number of azide groups is 1. The van der Waals surface area contributed by atoms with Crippen LogP contribution in [0.25, 0.3) is 10.4 Å². The summed E-state index contributed by atoms with van der Waals surface area (Å²) in [7, 11) is 0. The summed E-state index contributed by atoms with van der Waals surface area (Å²) in [4.78, 5) is 12.8. The number of hydrogen-bond acceptors (Lipinski definition) is 1. The molecule has 9 heavy (non-hydrogen) atoms. The Balaban J connectivity index is 4.22. The molecule has 0 saturated heterocycles. The summed E-state index contributed by atoms with van der Waals surface area (Å²) in [5.74, 6) is -0.676. The monoisotopic (exact) mass is 319 g/mol. The van der Waals surface area contributed by atoms with E-state index >= 15 is 0 Å². The van der Waals surface area contributed by atoms with Crippen molar-refractivity contribution in [2.45, 2.75) is 2.14 Å². The minimum atomic E-state index is -1.11. The van der Waals surface area contributed by atoms with Gasteiger partial charge in [0.2, 0.25) is 0 Å². The van der Waals surface area contributed by atoms with E-state index in [0.29, 0.717) is 0 Å². The lowest BCUT2D eigenvalue weighted by atomic mass is 10.8. The smallest absolute Gasteiger partial charge is 0.256 e. The third-order valence-corrected chi connectivity index (χ3v) is 1.40. The van der Waals surface area contributed by atoms with E-state index < -0.39 is 8.05 Å². The Kier molecular flexibility index (Phi) is 3.72. The molecule has 0 aromatic heterocycles. The van der Waals surface area contributed by atoms with Crippen LogP contribution in [0.15, 0.2) is 5.11 Å². The minimum absolute atomic E-state index is 0.676. The van der Waals surface area contributed by atoms with Gasteiger partial charge in [-0.3, -0.25) is 4.79 Å². The molecule has 0 heterocycles. The van der Waals surface area contributed by atoms with Crippen LogP contribution >= 0.6 is 47.8 Å². The van der Waals surface area contributed by atoms with Crippen LogP contribution in [0.2, 0.25) is 0 Å². The quantitative estimate of drug-likeness (QED) is 0.293. The molecule has 7 heteroatoms. The second-order valence-electron chi connectivity index (χ2n) is 0.992. The molecule has 0 aliphatic carbocycles. The second kappa shape index (κ2) is 3.55. The first kappa shape index (κ1) is 9.42. The molecule has 0 aliphatic rings. The van der Waals surface area contributed by atoms with Crippen LogP contribution in [-0.4, -0.2) is 8.05 Å². The highest BCUT2D eigenvalue weighted by atomic mass is 80.0. The van der Waals surface area contributed by atoms with Gasteiger partial charge in [0, 0.05) is 4.91 Å². The van der Waals surface area contributed by atoms with Crippen LogP contribution < -0.4 is 0 Å². The third kappa shape index (κ3) is 3.91. The number of carbonyl (C=O) groups excluding carboxylic acids is 1. The zero-order chi connectivity index (χ0) is 7.49. The molecule has 0 rings (SSSR count). The molecule has 0 N–H and O–H groups in total. The van der Waals surface area contributed by atoms with Crippen molar-refractivity contribution in [3.8, 4) is 0 Å². The number of hydrogen-bond donors (Lipinski definition) is 0. The number of alkyl halides is 3. The summed E-state index contributed by atoms with van der Waals surface area (Å²) in [5, 5.41) is 2.80. The summed E-state index contributed by atoms with van der Waals surface area (Å²) < 4.78 is -1.11. The Hall–Kier alpha value is 0.420. The maximum atomic E-state index is 10.5. The summed E-state index contributed by atoms with van der Waals surface area (Å²) in [5.41, 5.74) is 7.78. The molecule has 0 fully saturated rings. The van der Waals surface area contributed by atoms with Gasteiger partial charge in [-0.2, -0.15) is 0 Å². The molecule has 1 amide bonds. The largest absolute Gasteiger partial charge is 0.289 e. The van der Waals surface area contributed by atoms with Gasteiger partial charge in [0.15, 0.2) is 2.14 Å². The van der Waals surface area contributed by atoms with Gasteiger partial charge < -0.3 is 0 Å². The number of halogens is 3. The Bertz CT molecular complexity index is 166. The maximum Gasteiger partial charge on any atom is 0.256 e. The first-order valence-corrected chi connectivity index (χ1v) is 4.02. The topological polar surface area (TPSA) is 65.8 Å². The van der Waals surface area contributed by atoms with Crippen LogP contribution in [0.3, 0.4) is 0 Å². The molecular weight excluding hydrogens is 322 g/mol. The normalized spacial score (nSPS) is 10.1. The van der Waals surface area contributed by atoms with E-state index in [1.807, 2.05) is 0 Å². The van der Waals surface area contributed by atoms with E-state index in [1.54, 1.807) is 0 Å². The Labute approximate surface area is 76.0 Å². The van der Waals surface area contributed by atoms with Crippen molar-refractivity contribution < 1.29 is 4.79 Å². The van der Waals surface area contributed by atoms with Gasteiger partial charge in [0.1, 0.15) is 0 Å². The molecular formula is C2Br3N3O. The molecule has 0 spiro atoms. The van der Waals surface area contributed by atoms with E-state index in [9.17, 15) is 4.79 Å². The summed E-state index contributed by atoms with van der Waals surface area (Å²) in [6.45, 7) is 0. The first-order chi connectivity index (χ1) is 3.98. The molecule has 0 bridgehead atoms. The average molecular weight is 322 g/mol. The van der Waals surface area contributed by atoms with Crippen molar-refractivity contribution in [3.63, 3.8) is 0 Å². The van der Waals surface area contributed by atoms with Crippen molar-refractivity contribution in [1.29, 1.82) is 0 Å². The fraction of sp³-hybridized carbons (Fsp3) is 0.500. The van der Waals surface area contributed by atoms with Gasteiger partial charge in [-0.05, 0) is 10.6 Å². The molecule has 0 aromatic rings. The number of amides is 1. The van der Waals surface area contributed by atoms with Crippen LogP contribution in [-0.2, 0) is 4.79 Å². The van der Waals surface area contributed by atoms with Gasteiger partial charge >= 0.3 is 0 Å². The zero-order valence-electron chi connectivity index (χ0n) is 3.88. The molecule has 0 aromatic carbocycles. The highest BCUT2D eigenvalue weighted by molar-refractivity contribution is 9.40. The molecule has 0 aliphatic heterocycles. The van der Waals surface area contributed by atoms with E-state index in [4.69, 9.17) is 5.53 Å². The second-order valence-corrected chi connectivity index (χ2v) is 7.75. The first-order valence-electron chi connectivity index (χ1n) is 1.64. The minimum Gasteiger partial charge on any atom is -0.289 e. The van der Waals surface area contributed by atoms with Gasteiger partial charge in [-0.15, -0.1) is 0 Å². The van der Waals surface area contributed by atoms with E-state index in [1.165, 1.54) is 0 Å². The van der Waals surface area contributed by atoms with E-state index in [-0.39, 0.29) is 0 Å². The highest BCUT2D eigenvalue weighted by Crippen LogP contribution is 2.34. The van der Waals surface area contributed by atoms with Crippen molar-refractivity contribution >= 4 is 53.7 Å². The average Bonchev–Trinajstić information content (AvgIpc) is 1.64. The van der Waals surface area contributed by atoms with Crippen LogP contribution in [0.1, 0.15) is 0 Å². The maximum absolute atomic E-state index is 10.5. The van der Waals surface area contributed by atoms with Crippen molar-refractivity contribution in [2.75, 3.05) is 0 Å². The molecule has 0 atom stereocenters. The van der Waals surface area contributed by atoms with Crippen LogP contribution in [0.4, 0.5) is 0 Å². The predicted octanol–water partition coefficient (Wildman–Crippen LogP) is 2.66. The van der Waals surface area contributed by atoms with Gasteiger partial charge in [-0.1, -0.05) is 47.8 Å². The lowest BCUT2D eigenvalue weighted by Gasteiger charge is -2.02. The van der Waals surface area contributed by atoms with Crippen molar-refractivity contribution in [3.05, 3.63) is 10.4 Å². The van der Waals surface area contributed by atoms with Crippen molar-refractivity contribution in [1.82, 2.24) is 0 Å². The van der Waals surface area contributed by atoms with Crippen LogP contribution in [0.5, 0.6) is 0 Å². The summed E-state index contributed by atoms with van der Waals surface area (Å²) >= 11 is 8.59. The van der Waals surface area contributed by atoms with Crippen LogP contribution in [0, 0.1) is 0 Å². The van der Waals surface area contributed by atoms with Gasteiger partial charge in [0.05, 0.1) is 0 Å². The number of carbonyl (C=O) groups is 1. The van der Waals surface area contributed by atoms with Gasteiger partial charge in [-0.25, -0.2) is 0 Å². The Morgan fingerprint density at radius 2 is 2.00 bits per heavy atom. The predicted molar refractivity (Wildman–Crippen MR) is 43.7 cm³/mol. The fourth-order valence-electron chi connectivity index (χ4n) is 0.0973. The molecule has 50 valence electrons. The van der Waals surface area contributed by atoms with E-state index in [2.05, 4.69) is 57.8 Å². The van der Waals surface area contributed by atoms with Crippen molar-refractivity contribution in [2.24, 2.45) is 5.11 Å². The molecule has 0 radical (unpaired) electrons. The SMILES string of the molecule is [N-]=[N+]=NC(=O)C(Br)(Br)Br. The zero-order valence-corrected chi connectivity index (χ0v) is 8.64. The molecule has 0 unspecified atom stereocenters. The summed E-state index contributed by atoms with van der Waals surface area (Å²) in [6.07, 6.45) is 0. The fourth-order valence-corrected chi connectivity index (χ4v) is 0.335. The standard InChI is InChI=1S/C2Br3N3O/c3-2(4,5)1(9)7-8-6.